The van der Waals surface area contributed by atoms with Gasteiger partial charge in [0, 0.05) is 0 Å². The van der Waals surface area contributed by atoms with Crippen LogP contribution < -0.4 is 14.4 Å². The Bertz CT molecular complexity index is 1150. The lowest BCUT2D eigenvalue weighted by molar-refractivity contribution is -0.117. The Kier molecular flexibility index (Phi) is 6.97. The minimum atomic E-state index is -3.70. The molecule has 0 saturated carbocycles. The third-order valence-corrected chi connectivity index (χ3v) is 5.88. The number of ether oxygens (including phenoxy) is 1. The van der Waals surface area contributed by atoms with Crippen LogP contribution in [0.25, 0.3) is 0 Å². The first kappa shape index (κ1) is 22.4. The highest BCUT2D eigenvalue weighted by molar-refractivity contribution is 7.92. The maximum Gasteiger partial charge on any atom is 0.248 e. The number of aryl methyl sites for hydroxylation is 1. The Hall–Kier alpha value is -3.32. The molecule has 0 spiro atoms. The van der Waals surface area contributed by atoms with Gasteiger partial charge in [-0.05, 0) is 55.3 Å². The number of para-hydroxylation sites is 3. The van der Waals surface area contributed by atoms with E-state index in [2.05, 4.69) is 5.32 Å². The Morgan fingerprint density at radius 2 is 1.68 bits per heavy atom. The molecule has 3 aromatic carbocycles. The van der Waals surface area contributed by atoms with Crippen molar-refractivity contribution in [2.24, 2.45) is 0 Å². The fourth-order valence-electron chi connectivity index (χ4n) is 3.32. The second-order valence-corrected chi connectivity index (χ2v) is 9.08. The van der Waals surface area contributed by atoms with Gasteiger partial charge in [0.2, 0.25) is 15.9 Å². The van der Waals surface area contributed by atoms with Crippen molar-refractivity contribution in [1.82, 2.24) is 0 Å². The smallest absolute Gasteiger partial charge is 0.248 e. The quantitative estimate of drug-likeness (QED) is 0.539. The number of anilines is 2. The summed E-state index contributed by atoms with van der Waals surface area (Å²) in [6.07, 6.45) is 1.41. The summed E-state index contributed by atoms with van der Waals surface area (Å²) in [5.74, 6) is 0.672. The number of hydrogen-bond donors (Lipinski definition) is 1. The first-order valence-corrected chi connectivity index (χ1v) is 11.8. The van der Waals surface area contributed by atoms with Crippen molar-refractivity contribution in [3.63, 3.8) is 0 Å². The first-order valence-electron chi connectivity index (χ1n) is 9.98. The molecular formula is C24H26N2O4S. The second kappa shape index (κ2) is 9.66. The molecule has 0 saturated heterocycles. The number of sulfonamides is 1. The molecule has 3 aromatic rings. The molecule has 0 bridgehead atoms. The van der Waals surface area contributed by atoms with Crippen LogP contribution in [0.3, 0.4) is 0 Å². The van der Waals surface area contributed by atoms with E-state index in [0.29, 0.717) is 29.3 Å². The number of amides is 1. The monoisotopic (exact) mass is 438 g/mol. The lowest BCUT2D eigenvalue weighted by Crippen LogP contribution is -2.47. The van der Waals surface area contributed by atoms with Gasteiger partial charge in [-0.1, -0.05) is 49.4 Å². The highest BCUT2D eigenvalue weighted by Crippen LogP contribution is 2.30. The molecule has 1 amide bonds. The summed E-state index contributed by atoms with van der Waals surface area (Å²) < 4.78 is 32.3. The molecule has 31 heavy (non-hydrogen) atoms. The maximum atomic E-state index is 13.2. The number of hydrogen-bond acceptors (Lipinski definition) is 4. The van der Waals surface area contributed by atoms with E-state index < -0.39 is 22.0 Å². The minimum absolute atomic E-state index is 0.300. The number of benzene rings is 3. The fourth-order valence-corrected chi connectivity index (χ4v) is 4.52. The third-order valence-electron chi connectivity index (χ3n) is 4.70. The van der Waals surface area contributed by atoms with Crippen LogP contribution in [-0.4, -0.2) is 26.6 Å². The molecule has 7 heteroatoms. The summed E-state index contributed by atoms with van der Waals surface area (Å²) in [5.41, 5.74) is 1.83. The fraction of sp³-hybridized carbons (Fsp3) is 0.208. The van der Waals surface area contributed by atoms with Gasteiger partial charge >= 0.3 is 0 Å². The van der Waals surface area contributed by atoms with Crippen molar-refractivity contribution in [2.75, 3.05) is 15.9 Å². The average molecular weight is 439 g/mol. The summed E-state index contributed by atoms with van der Waals surface area (Å²) in [4.78, 5) is 13.2. The third kappa shape index (κ3) is 5.64. The summed E-state index contributed by atoms with van der Waals surface area (Å²) >= 11 is 0. The average Bonchev–Trinajstić information content (AvgIpc) is 2.73. The summed E-state index contributed by atoms with van der Waals surface area (Å²) in [7, 11) is -3.70. The van der Waals surface area contributed by atoms with E-state index in [1.165, 1.54) is 4.31 Å². The number of rotatable bonds is 8. The standard InChI is InChI=1S/C24H26N2O4S/c1-4-22(26(31(3,28)29)19-12-10-11-18(2)17-19)24(27)25-21-15-8-9-16-23(21)30-20-13-6-5-7-14-20/h5-17,22H,4H2,1-3H3,(H,25,27)/t22-/m1/s1. The van der Waals surface area contributed by atoms with Crippen molar-refractivity contribution in [3.8, 4) is 11.5 Å². The van der Waals surface area contributed by atoms with Gasteiger partial charge in [0.25, 0.3) is 0 Å². The van der Waals surface area contributed by atoms with E-state index in [1.807, 2.05) is 43.3 Å². The van der Waals surface area contributed by atoms with E-state index in [-0.39, 0.29) is 0 Å². The predicted octanol–water partition coefficient (Wildman–Crippen LogP) is 4.97. The van der Waals surface area contributed by atoms with E-state index in [9.17, 15) is 13.2 Å². The normalized spacial score (nSPS) is 12.1. The lowest BCUT2D eigenvalue weighted by Gasteiger charge is -2.30. The van der Waals surface area contributed by atoms with Crippen LogP contribution in [0.2, 0.25) is 0 Å². The highest BCUT2D eigenvalue weighted by atomic mass is 32.2. The SMILES string of the molecule is CC[C@H](C(=O)Nc1ccccc1Oc1ccccc1)N(c1cccc(C)c1)S(C)(=O)=O. The van der Waals surface area contributed by atoms with Crippen molar-refractivity contribution in [3.05, 3.63) is 84.4 Å². The Labute approximate surface area is 183 Å². The molecule has 0 unspecified atom stereocenters. The number of nitrogens with zero attached hydrogens (tertiary/aromatic N) is 1. The van der Waals surface area contributed by atoms with Crippen LogP contribution in [0.5, 0.6) is 11.5 Å². The second-order valence-electron chi connectivity index (χ2n) is 7.22. The molecule has 0 aliphatic heterocycles. The molecular weight excluding hydrogens is 412 g/mol. The van der Waals surface area contributed by atoms with Crippen molar-refractivity contribution in [2.45, 2.75) is 26.3 Å². The zero-order chi connectivity index (χ0) is 22.4. The zero-order valence-corrected chi connectivity index (χ0v) is 18.6. The first-order chi connectivity index (χ1) is 14.8. The largest absolute Gasteiger partial charge is 0.455 e. The summed E-state index contributed by atoms with van der Waals surface area (Å²) in [6, 6.07) is 22.5. The van der Waals surface area contributed by atoms with E-state index in [4.69, 9.17) is 4.74 Å². The maximum absolute atomic E-state index is 13.2. The van der Waals surface area contributed by atoms with E-state index in [0.717, 1.165) is 11.8 Å². The van der Waals surface area contributed by atoms with Crippen molar-refractivity contribution >= 4 is 27.3 Å². The number of carbonyl (C=O) groups is 1. The van der Waals surface area contributed by atoms with Crippen LogP contribution >= 0.6 is 0 Å². The van der Waals surface area contributed by atoms with E-state index >= 15 is 0 Å². The molecule has 0 aliphatic carbocycles. The summed E-state index contributed by atoms with van der Waals surface area (Å²) in [6.45, 7) is 3.66. The molecule has 1 atom stereocenters. The topological polar surface area (TPSA) is 75.7 Å². The van der Waals surface area contributed by atoms with Gasteiger partial charge in [-0.15, -0.1) is 0 Å². The van der Waals surface area contributed by atoms with Gasteiger partial charge < -0.3 is 10.1 Å². The van der Waals surface area contributed by atoms with Gasteiger partial charge in [0.05, 0.1) is 17.6 Å². The predicted molar refractivity (Wildman–Crippen MR) is 124 cm³/mol. The molecule has 1 N–H and O–H groups in total. The Morgan fingerprint density at radius 1 is 1.00 bits per heavy atom. The summed E-state index contributed by atoms with van der Waals surface area (Å²) in [5, 5.41) is 2.85. The van der Waals surface area contributed by atoms with Crippen LogP contribution in [0, 0.1) is 6.92 Å². The molecule has 0 heterocycles. The van der Waals surface area contributed by atoms with Crippen molar-refractivity contribution in [1.29, 1.82) is 0 Å². The van der Waals surface area contributed by atoms with E-state index in [1.54, 1.807) is 49.4 Å². The number of carbonyl (C=O) groups excluding carboxylic acids is 1. The Balaban J connectivity index is 1.90. The molecule has 3 rings (SSSR count). The zero-order valence-electron chi connectivity index (χ0n) is 17.8. The van der Waals surface area contributed by atoms with Crippen LogP contribution in [0.4, 0.5) is 11.4 Å². The molecule has 0 radical (unpaired) electrons. The minimum Gasteiger partial charge on any atom is -0.455 e. The van der Waals surface area contributed by atoms with Crippen molar-refractivity contribution < 1.29 is 17.9 Å². The molecule has 0 aromatic heterocycles. The lowest BCUT2D eigenvalue weighted by atomic mass is 10.1. The Morgan fingerprint density at radius 3 is 2.32 bits per heavy atom. The van der Waals surface area contributed by atoms with Crippen LogP contribution in [-0.2, 0) is 14.8 Å². The molecule has 0 aliphatic rings. The van der Waals surface area contributed by atoms with Gasteiger partial charge in [-0.3, -0.25) is 9.10 Å². The van der Waals surface area contributed by atoms with Gasteiger partial charge in [0.1, 0.15) is 11.8 Å². The number of nitrogens with one attached hydrogen (secondary N) is 1. The van der Waals surface area contributed by atoms with Gasteiger partial charge in [0.15, 0.2) is 5.75 Å². The van der Waals surface area contributed by atoms with Crippen LogP contribution in [0.15, 0.2) is 78.9 Å². The molecule has 6 nitrogen and oxygen atoms in total. The van der Waals surface area contributed by atoms with Gasteiger partial charge in [-0.2, -0.15) is 0 Å². The molecule has 0 fully saturated rings. The van der Waals surface area contributed by atoms with Crippen LogP contribution in [0.1, 0.15) is 18.9 Å². The highest BCUT2D eigenvalue weighted by Gasteiger charge is 2.32. The van der Waals surface area contributed by atoms with Gasteiger partial charge in [-0.25, -0.2) is 8.42 Å². The molecule has 162 valence electrons.